The van der Waals surface area contributed by atoms with Crippen molar-refractivity contribution in [3.63, 3.8) is 0 Å². The third-order valence-electron chi connectivity index (χ3n) is 3.57. The second kappa shape index (κ2) is 5.94. The fourth-order valence-electron chi connectivity index (χ4n) is 2.06. The minimum Gasteiger partial charge on any atom is -0.481 e. The average Bonchev–Trinajstić information content (AvgIpc) is 3.12. The van der Waals surface area contributed by atoms with Crippen LogP contribution in [0.4, 0.5) is 4.79 Å². The van der Waals surface area contributed by atoms with Crippen LogP contribution in [0.1, 0.15) is 44.2 Å². The maximum Gasteiger partial charge on any atom is 0.315 e. The number of rotatable bonds is 6. The highest BCUT2D eigenvalue weighted by atomic mass is 16.4. The number of nitrogens with one attached hydrogen (secondary N) is 2. The van der Waals surface area contributed by atoms with Gasteiger partial charge in [0.1, 0.15) is 0 Å². The number of aliphatic carboxylic acids is 1. The lowest BCUT2D eigenvalue weighted by molar-refractivity contribution is -0.137. The molecular formula is C15H20N2O3. The number of benzene rings is 1. The molecule has 3 N–H and O–H groups in total. The van der Waals surface area contributed by atoms with Crippen molar-refractivity contribution in [3.8, 4) is 0 Å². The van der Waals surface area contributed by atoms with E-state index in [2.05, 4.69) is 10.6 Å². The molecule has 1 saturated carbocycles. The molecule has 2 amide bonds. The molecule has 1 fully saturated rings. The van der Waals surface area contributed by atoms with Crippen LogP contribution in [0.2, 0.25) is 0 Å². The fourth-order valence-corrected chi connectivity index (χ4v) is 2.06. The molecule has 0 saturated heterocycles. The van der Waals surface area contributed by atoms with E-state index in [4.69, 9.17) is 5.11 Å². The average molecular weight is 276 g/mol. The van der Waals surface area contributed by atoms with Crippen molar-refractivity contribution < 1.29 is 14.7 Å². The van der Waals surface area contributed by atoms with E-state index >= 15 is 0 Å². The molecule has 1 aromatic carbocycles. The largest absolute Gasteiger partial charge is 0.481 e. The summed E-state index contributed by atoms with van der Waals surface area (Å²) >= 11 is 0. The van der Waals surface area contributed by atoms with Gasteiger partial charge in [-0.3, -0.25) is 4.79 Å². The van der Waals surface area contributed by atoms with E-state index in [9.17, 15) is 9.59 Å². The number of carboxylic acids is 1. The van der Waals surface area contributed by atoms with Crippen molar-refractivity contribution in [1.29, 1.82) is 0 Å². The summed E-state index contributed by atoms with van der Waals surface area (Å²) in [6.07, 6.45) is 2.39. The van der Waals surface area contributed by atoms with Crippen LogP contribution in [0.5, 0.6) is 0 Å². The van der Waals surface area contributed by atoms with E-state index in [1.54, 1.807) is 0 Å². The van der Waals surface area contributed by atoms with Gasteiger partial charge < -0.3 is 15.7 Å². The number of carbonyl (C=O) groups is 2. The predicted octanol–water partition coefficient (Wildman–Crippen LogP) is 2.44. The summed E-state index contributed by atoms with van der Waals surface area (Å²) in [5.74, 6) is -0.859. The lowest BCUT2D eigenvalue weighted by atomic mass is 10.0. The Morgan fingerprint density at radius 2 is 1.95 bits per heavy atom. The predicted molar refractivity (Wildman–Crippen MR) is 75.4 cm³/mol. The third-order valence-corrected chi connectivity index (χ3v) is 3.57. The van der Waals surface area contributed by atoms with Crippen molar-refractivity contribution in [2.75, 3.05) is 0 Å². The molecular weight excluding hydrogens is 256 g/mol. The van der Waals surface area contributed by atoms with Gasteiger partial charge in [-0.05, 0) is 31.7 Å². The van der Waals surface area contributed by atoms with E-state index in [0.717, 1.165) is 18.4 Å². The van der Waals surface area contributed by atoms with E-state index in [0.29, 0.717) is 6.42 Å². The fraction of sp³-hybridized carbons (Fsp3) is 0.467. The van der Waals surface area contributed by atoms with Gasteiger partial charge in [-0.15, -0.1) is 0 Å². The Labute approximate surface area is 118 Å². The zero-order valence-corrected chi connectivity index (χ0v) is 11.6. The van der Waals surface area contributed by atoms with Gasteiger partial charge in [-0.2, -0.15) is 0 Å². The molecule has 1 unspecified atom stereocenters. The second-order valence-electron chi connectivity index (χ2n) is 5.55. The molecule has 1 aliphatic carbocycles. The first-order valence-corrected chi connectivity index (χ1v) is 6.84. The van der Waals surface area contributed by atoms with E-state index < -0.39 is 5.97 Å². The van der Waals surface area contributed by atoms with Gasteiger partial charge in [0.15, 0.2) is 0 Å². The molecule has 0 aliphatic heterocycles. The van der Waals surface area contributed by atoms with Crippen LogP contribution in [-0.2, 0) is 4.79 Å². The molecule has 0 bridgehead atoms. The topological polar surface area (TPSA) is 78.4 Å². The van der Waals surface area contributed by atoms with Crippen LogP contribution >= 0.6 is 0 Å². The van der Waals surface area contributed by atoms with Crippen molar-refractivity contribution in [1.82, 2.24) is 10.6 Å². The van der Waals surface area contributed by atoms with Gasteiger partial charge in [-0.1, -0.05) is 30.3 Å². The Bertz CT molecular complexity index is 483. The smallest absolute Gasteiger partial charge is 0.315 e. The number of carbonyl (C=O) groups excluding carboxylic acids is 1. The zero-order valence-electron chi connectivity index (χ0n) is 11.6. The summed E-state index contributed by atoms with van der Waals surface area (Å²) in [6, 6.07) is 8.93. The Morgan fingerprint density at radius 1 is 1.30 bits per heavy atom. The van der Waals surface area contributed by atoms with E-state index in [1.165, 1.54) is 0 Å². The molecule has 5 heteroatoms. The number of carboxylic acid groups (broad SMARTS) is 1. The third kappa shape index (κ3) is 4.26. The number of hydrogen-bond donors (Lipinski definition) is 3. The molecule has 1 atom stereocenters. The lowest BCUT2D eigenvalue weighted by Gasteiger charge is -2.20. The van der Waals surface area contributed by atoms with Crippen molar-refractivity contribution in [2.24, 2.45) is 0 Å². The molecule has 0 heterocycles. The molecule has 20 heavy (non-hydrogen) atoms. The van der Waals surface area contributed by atoms with Crippen molar-refractivity contribution in [2.45, 2.75) is 44.2 Å². The monoisotopic (exact) mass is 276 g/mol. The first-order chi connectivity index (χ1) is 9.48. The quantitative estimate of drug-likeness (QED) is 0.746. The highest BCUT2D eigenvalue weighted by Gasteiger charge is 2.39. The van der Waals surface area contributed by atoms with Crippen LogP contribution in [-0.4, -0.2) is 22.6 Å². The molecule has 1 aliphatic rings. The summed E-state index contributed by atoms with van der Waals surface area (Å²) in [5.41, 5.74) is 0.836. The van der Waals surface area contributed by atoms with Gasteiger partial charge in [0.25, 0.3) is 0 Å². The molecule has 0 spiro atoms. The van der Waals surface area contributed by atoms with E-state index in [-0.39, 0.29) is 24.0 Å². The van der Waals surface area contributed by atoms with Crippen LogP contribution in [0, 0.1) is 0 Å². The second-order valence-corrected chi connectivity index (χ2v) is 5.55. The summed E-state index contributed by atoms with van der Waals surface area (Å²) in [4.78, 5) is 22.7. The van der Waals surface area contributed by atoms with Gasteiger partial charge in [0.2, 0.25) is 0 Å². The van der Waals surface area contributed by atoms with Gasteiger partial charge >= 0.3 is 12.0 Å². The number of urea groups is 1. The van der Waals surface area contributed by atoms with Crippen molar-refractivity contribution >= 4 is 12.0 Å². The first kappa shape index (κ1) is 14.4. The summed E-state index contributed by atoms with van der Waals surface area (Å²) in [7, 11) is 0. The Morgan fingerprint density at radius 3 is 2.50 bits per heavy atom. The standard InChI is InChI=1S/C15H20N2O3/c1-15(9-10-15)17-14(20)16-12(7-8-13(18)19)11-5-3-2-4-6-11/h2-6,12H,7-10H2,1H3,(H,18,19)(H2,16,17,20). The van der Waals surface area contributed by atoms with Gasteiger partial charge in [-0.25, -0.2) is 4.79 Å². The SMILES string of the molecule is CC1(NC(=O)NC(CCC(=O)O)c2ccccc2)CC1. The Balaban J connectivity index is 1.98. The minimum absolute atomic E-state index is 0.0249. The number of hydrogen-bond acceptors (Lipinski definition) is 2. The highest BCUT2D eigenvalue weighted by molar-refractivity contribution is 5.76. The molecule has 1 aromatic rings. The summed E-state index contributed by atoms with van der Waals surface area (Å²) in [6.45, 7) is 2.00. The van der Waals surface area contributed by atoms with E-state index in [1.807, 2.05) is 37.3 Å². The summed E-state index contributed by atoms with van der Waals surface area (Å²) in [5, 5.41) is 14.6. The number of amides is 2. The van der Waals surface area contributed by atoms with Crippen LogP contribution in [0.3, 0.4) is 0 Å². The Hall–Kier alpha value is -2.04. The van der Waals surface area contributed by atoms with Crippen LogP contribution in [0.25, 0.3) is 0 Å². The summed E-state index contributed by atoms with van der Waals surface area (Å²) < 4.78 is 0. The Kier molecular flexibility index (Phi) is 4.27. The first-order valence-electron chi connectivity index (χ1n) is 6.84. The lowest BCUT2D eigenvalue weighted by Crippen LogP contribution is -2.43. The minimum atomic E-state index is -0.859. The highest BCUT2D eigenvalue weighted by Crippen LogP contribution is 2.34. The molecule has 0 radical (unpaired) electrons. The maximum absolute atomic E-state index is 12.0. The molecule has 5 nitrogen and oxygen atoms in total. The molecule has 108 valence electrons. The van der Waals surface area contributed by atoms with Gasteiger partial charge in [0.05, 0.1) is 6.04 Å². The van der Waals surface area contributed by atoms with Crippen LogP contribution in [0.15, 0.2) is 30.3 Å². The van der Waals surface area contributed by atoms with Crippen LogP contribution < -0.4 is 10.6 Å². The van der Waals surface area contributed by atoms with Crippen molar-refractivity contribution in [3.05, 3.63) is 35.9 Å². The maximum atomic E-state index is 12.0. The molecule has 0 aromatic heterocycles. The molecule has 2 rings (SSSR count). The normalized spacial score (nSPS) is 17.1. The van der Waals surface area contributed by atoms with Gasteiger partial charge in [0, 0.05) is 12.0 Å². The zero-order chi connectivity index (χ0) is 14.6.